The van der Waals surface area contributed by atoms with Crippen LogP contribution in [-0.2, 0) is 9.59 Å². The van der Waals surface area contributed by atoms with E-state index in [0.717, 1.165) is 0 Å². The van der Waals surface area contributed by atoms with E-state index < -0.39 is 30.0 Å². The highest BCUT2D eigenvalue weighted by atomic mass is 19.4. The van der Waals surface area contributed by atoms with Crippen LogP contribution in [0.25, 0.3) is 0 Å². The van der Waals surface area contributed by atoms with Gasteiger partial charge >= 0.3 is 18.1 Å². The second-order valence-electron chi connectivity index (χ2n) is 4.57. The highest BCUT2D eigenvalue weighted by Gasteiger charge is 2.39. The van der Waals surface area contributed by atoms with Crippen molar-refractivity contribution in [3.05, 3.63) is 0 Å². The lowest BCUT2D eigenvalue weighted by molar-refractivity contribution is -0.174. The Morgan fingerprint density at radius 3 is 1.94 bits per heavy atom. The van der Waals surface area contributed by atoms with E-state index >= 15 is 0 Å². The van der Waals surface area contributed by atoms with Gasteiger partial charge in [0, 0.05) is 6.04 Å². The molecule has 0 saturated heterocycles. The van der Waals surface area contributed by atoms with Crippen molar-refractivity contribution in [2.75, 3.05) is 0 Å². The summed E-state index contributed by atoms with van der Waals surface area (Å²) in [6.07, 6.45) is -2.13. The van der Waals surface area contributed by atoms with Gasteiger partial charge in [0.05, 0.1) is 5.92 Å². The molecule has 1 aliphatic rings. The Labute approximate surface area is 103 Å². The third kappa shape index (κ3) is 4.54. The molecule has 0 spiro atoms. The molecule has 1 amide bonds. The predicted molar refractivity (Wildman–Crippen MR) is 56.8 cm³/mol. The number of amides is 1. The topological polar surface area (TPSA) is 66.4 Å². The molecule has 2 N–H and O–H groups in total. The molecule has 4 nitrogen and oxygen atoms in total. The molecule has 0 radical (unpaired) electrons. The second kappa shape index (κ2) is 6.06. The van der Waals surface area contributed by atoms with Crippen LogP contribution in [0.4, 0.5) is 13.2 Å². The first-order chi connectivity index (χ1) is 8.30. The lowest BCUT2D eigenvalue weighted by Gasteiger charge is -2.23. The first-order valence-electron chi connectivity index (χ1n) is 5.91. The Morgan fingerprint density at radius 2 is 1.56 bits per heavy atom. The van der Waals surface area contributed by atoms with Crippen LogP contribution in [0.2, 0.25) is 0 Å². The van der Waals surface area contributed by atoms with Crippen LogP contribution in [-0.4, -0.2) is 29.2 Å². The molecular formula is C11H16F3NO3. The molecule has 0 aliphatic heterocycles. The molecule has 7 heteroatoms. The van der Waals surface area contributed by atoms with Crippen molar-refractivity contribution in [1.82, 2.24) is 5.32 Å². The van der Waals surface area contributed by atoms with Gasteiger partial charge in [-0.25, -0.2) is 0 Å². The highest BCUT2D eigenvalue weighted by molar-refractivity contribution is 5.81. The van der Waals surface area contributed by atoms with Gasteiger partial charge in [-0.05, 0) is 25.7 Å². The smallest absolute Gasteiger partial charge is 0.471 e. The quantitative estimate of drug-likeness (QED) is 0.805. The minimum atomic E-state index is -4.86. The Balaban J connectivity index is 2.43. The van der Waals surface area contributed by atoms with Gasteiger partial charge in [0.2, 0.25) is 0 Å². The van der Waals surface area contributed by atoms with Crippen LogP contribution in [0.3, 0.4) is 0 Å². The molecule has 0 heterocycles. The fraction of sp³-hybridized carbons (Fsp3) is 0.818. The summed E-state index contributed by atoms with van der Waals surface area (Å²) < 4.78 is 36.2. The molecule has 0 unspecified atom stereocenters. The first kappa shape index (κ1) is 14.8. The molecular weight excluding hydrogens is 251 g/mol. The van der Waals surface area contributed by atoms with Gasteiger partial charge < -0.3 is 10.4 Å². The number of carboxylic acid groups (broad SMARTS) is 1. The van der Waals surface area contributed by atoms with E-state index in [-0.39, 0.29) is 0 Å². The fourth-order valence-corrected chi connectivity index (χ4v) is 2.17. The summed E-state index contributed by atoms with van der Waals surface area (Å²) in [7, 11) is 0. The Kier molecular flexibility index (Phi) is 4.98. The van der Waals surface area contributed by atoms with Crippen molar-refractivity contribution in [3.63, 3.8) is 0 Å². The minimum absolute atomic E-state index is 0.394. The van der Waals surface area contributed by atoms with E-state index in [1.54, 1.807) is 0 Å². The summed E-state index contributed by atoms with van der Waals surface area (Å²) in [5.41, 5.74) is 0. The van der Waals surface area contributed by atoms with Crippen LogP contribution in [0.5, 0.6) is 0 Å². The molecule has 1 fully saturated rings. The molecule has 0 aromatic rings. The zero-order chi connectivity index (χ0) is 13.8. The third-order valence-electron chi connectivity index (χ3n) is 3.15. The van der Waals surface area contributed by atoms with Crippen LogP contribution in [0, 0.1) is 5.92 Å². The zero-order valence-corrected chi connectivity index (χ0v) is 9.79. The van der Waals surface area contributed by atoms with Gasteiger partial charge in [-0.2, -0.15) is 13.2 Å². The summed E-state index contributed by atoms with van der Waals surface area (Å²) in [5.74, 6) is -3.18. The monoisotopic (exact) mass is 267 g/mol. The number of hydrogen-bond donors (Lipinski definition) is 2. The molecule has 18 heavy (non-hydrogen) atoms. The first-order valence-corrected chi connectivity index (χ1v) is 5.91. The zero-order valence-electron chi connectivity index (χ0n) is 9.79. The largest absolute Gasteiger partial charge is 0.481 e. The number of rotatable bonds is 2. The predicted octanol–water partition coefficient (Wildman–Crippen LogP) is 2.09. The van der Waals surface area contributed by atoms with E-state index in [9.17, 15) is 22.8 Å². The summed E-state index contributed by atoms with van der Waals surface area (Å²) in [4.78, 5) is 21.6. The van der Waals surface area contributed by atoms with Crippen LogP contribution in [0.15, 0.2) is 0 Å². The average molecular weight is 267 g/mol. The average Bonchev–Trinajstić information content (AvgIpc) is 2.19. The summed E-state index contributed by atoms with van der Waals surface area (Å²) in [6.45, 7) is 0. The SMILES string of the molecule is O=C(O)C1CCCC(NC(=O)C(F)(F)F)CCC1. The van der Waals surface area contributed by atoms with Gasteiger partial charge in [-0.15, -0.1) is 0 Å². The highest BCUT2D eigenvalue weighted by Crippen LogP contribution is 2.24. The summed E-state index contributed by atoms with van der Waals surface area (Å²) in [5, 5.41) is 10.8. The summed E-state index contributed by atoms with van der Waals surface area (Å²) >= 11 is 0. The Hall–Kier alpha value is -1.27. The molecule has 1 aliphatic carbocycles. The number of aliphatic carboxylic acids is 1. The van der Waals surface area contributed by atoms with Crippen LogP contribution >= 0.6 is 0 Å². The maximum atomic E-state index is 12.1. The number of halogens is 3. The number of hydrogen-bond acceptors (Lipinski definition) is 2. The molecule has 1 saturated carbocycles. The third-order valence-corrected chi connectivity index (χ3v) is 3.15. The molecule has 0 aromatic heterocycles. The standard InChI is InChI=1S/C11H16F3NO3/c12-11(13,14)10(18)15-8-5-1-3-7(9(16)17)4-2-6-8/h7-8H,1-6H2,(H,15,18)(H,16,17). The number of carboxylic acids is 1. The number of carbonyl (C=O) groups excluding carboxylic acids is 1. The maximum Gasteiger partial charge on any atom is 0.471 e. The van der Waals surface area contributed by atoms with Crippen molar-refractivity contribution < 1.29 is 27.9 Å². The van der Waals surface area contributed by atoms with E-state index in [1.807, 2.05) is 5.32 Å². The fourth-order valence-electron chi connectivity index (χ4n) is 2.17. The lowest BCUT2D eigenvalue weighted by Crippen LogP contribution is -2.43. The maximum absolute atomic E-state index is 12.1. The second-order valence-corrected chi connectivity index (χ2v) is 4.57. The Bertz CT molecular complexity index is 307. The van der Waals surface area contributed by atoms with Gasteiger partial charge in [-0.1, -0.05) is 12.8 Å². The van der Waals surface area contributed by atoms with Gasteiger partial charge in [0.25, 0.3) is 0 Å². The lowest BCUT2D eigenvalue weighted by atomic mass is 9.89. The molecule has 0 bridgehead atoms. The van der Waals surface area contributed by atoms with Crippen LogP contribution < -0.4 is 5.32 Å². The van der Waals surface area contributed by atoms with Gasteiger partial charge in [0.1, 0.15) is 0 Å². The van der Waals surface area contributed by atoms with Crippen molar-refractivity contribution in [1.29, 1.82) is 0 Å². The number of nitrogens with one attached hydrogen (secondary N) is 1. The number of carbonyl (C=O) groups is 2. The normalized spacial score (nSPS) is 25.9. The van der Waals surface area contributed by atoms with Crippen molar-refractivity contribution in [2.24, 2.45) is 5.92 Å². The molecule has 104 valence electrons. The van der Waals surface area contributed by atoms with Crippen molar-refractivity contribution in [2.45, 2.75) is 50.7 Å². The van der Waals surface area contributed by atoms with Gasteiger partial charge in [-0.3, -0.25) is 9.59 Å². The molecule has 0 aromatic carbocycles. The Morgan fingerprint density at radius 1 is 1.06 bits per heavy atom. The van der Waals surface area contributed by atoms with E-state index in [2.05, 4.69) is 0 Å². The molecule has 0 atom stereocenters. The van der Waals surface area contributed by atoms with Crippen molar-refractivity contribution >= 4 is 11.9 Å². The minimum Gasteiger partial charge on any atom is -0.481 e. The molecule has 1 rings (SSSR count). The van der Waals surface area contributed by atoms with Crippen LogP contribution in [0.1, 0.15) is 38.5 Å². The summed E-state index contributed by atoms with van der Waals surface area (Å²) in [6, 6.07) is -0.506. The number of alkyl halides is 3. The van der Waals surface area contributed by atoms with E-state index in [0.29, 0.717) is 38.5 Å². The van der Waals surface area contributed by atoms with E-state index in [1.165, 1.54) is 0 Å². The van der Waals surface area contributed by atoms with Gasteiger partial charge in [0.15, 0.2) is 0 Å². The van der Waals surface area contributed by atoms with Crippen molar-refractivity contribution in [3.8, 4) is 0 Å². The van der Waals surface area contributed by atoms with E-state index in [4.69, 9.17) is 5.11 Å².